The zero-order valence-corrected chi connectivity index (χ0v) is 17.4. The van der Waals surface area contributed by atoms with Crippen LogP contribution in [0.2, 0.25) is 0 Å². The van der Waals surface area contributed by atoms with E-state index in [9.17, 15) is 9.59 Å². The van der Waals surface area contributed by atoms with Gasteiger partial charge in [0.1, 0.15) is 11.5 Å². The lowest BCUT2D eigenvalue weighted by Crippen LogP contribution is -2.45. The third kappa shape index (κ3) is 3.84. The fourth-order valence-electron chi connectivity index (χ4n) is 4.54. The molecule has 1 aromatic carbocycles. The minimum Gasteiger partial charge on any atom is -0.497 e. The van der Waals surface area contributed by atoms with E-state index >= 15 is 0 Å². The van der Waals surface area contributed by atoms with Gasteiger partial charge in [-0.3, -0.25) is 14.6 Å². The summed E-state index contributed by atoms with van der Waals surface area (Å²) in [5.74, 6) is 0.837. The van der Waals surface area contributed by atoms with Crippen molar-refractivity contribution in [3.63, 3.8) is 0 Å². The zero-order chi connectivity index (χ0) is 21.1. The van der Waals surface area contributed by atoms with Gasteiger partial charge in [0, 0.05) is 36.3 Å². The maximum atomic E-state index is 13.2. The molecule has 30 heavy (non-hydrogen) atoms. The number of nitrogens with zero attached hydrogens (tertiary/aromatic N) is 2. The number of hydrogen-bond donors (Lipinski definition) is 1. The monoisotopic (exact) mass is 409 g/mol. The summed E-state index contributed by atoms with van der Waals surface area (Å²) in [7, 11) is 3.12. The van der Waals surface area contributed by atoms with Crippen molar-refractivity contribution in [3.8, 4) is 11.5 Å². The maximum Gasteiger partial charge on any atom is 0.254 e. The van der Waals surface area contributed by atoms with E-state index in [-0.39, 0.29) is 23.1 Å². The first-order valence-electron chi connectivity index (χ1n) is 10.2. The van der Waals surface area contributed by atoms with Crippen LogP contribution in [-0.2, 0) is 11.3 Å². The SMILES string of the molecule is COc1cc(OC)cc(C(=O)N2CC(C(=O)NCc3ccccn3)C3(CCC3)C2)c1. The summed E-state index contributed by atoms with van der Waals surface area (Å²) >= 11 is 0. The molecule has 0 radical (unpaired) electrons. The lowest BCUT2D eigenvalue weighted by atomic mass is 9.62. The van der Waals surface area contributed by atoms with Crippen molar-refractivity contribution in [1.29, 1.82) is 0 Å². The second-order valence-electron chi connectivity index (χ2n) is 8.09. The smallest absolute Gasteiger partial charge is 0.254 e. The van der Waals surface area contributed by atoms with Crippen molar-refractivity contribution in [2.24, 2.45) is 11.3 Å². The van der Waals surface area contributed by atoms with Gasteiger partial charge in [0.2, 0.25) is 5.91 Å². The molecular formula is C23H27N3O4. The Balaban J connectivity index is 1.49. The van der Waals surface area contributed by atoms with Gasteiger partial charge >= 0.3 is 0 Å². The van der Waals surface area contributed by atoms with Crippen LogP contribution in [-0.4, -0.2) is 49.0 Å². The maximum absolute atomic E-state index is 13.2. The van der Waals surface area contributed by atoms with Crippen molar-refractivity contribution < 1.29 is 19.1 Å². The molecule has 2 aromatic rings. The lowest BCUT2D eigenvalue weighted by Gasteiger charge is -2.41. The molecule has 1 spiro atoms. The minimum absolute atomic E-state index is 0.00104. The van der Waals surface area contributed by atoms with Gasteiger partial charge in [-0.1, -0.05) is 12.5 Å². The highest BCUT2D eigenvalue weighted by Crippen LogP contribution is 2.52. The molecule has 158 valence electrons. The van der Waals surface area contributed by atoms with Gasteiger partial charge in [0.05, 0.1) is 32.4 Å². The van der Waals surface area contributed by atoms with E-state index in [0.29, 0.717) is 36.7 Å². The quantitative estimate of drug-likeness (QED) is 0.793. The van der Waals surface area contributed by atoms with E-state index < -0.39 is 0 Å². The molecule has 7 nitrogen and oxygen atoms in total. The number of carbonyl (C=O) groups excluding carboxylic acids is 2. The Morgan fingerprint density at radius 1 is 1.17 bits per heavy atom. The van der Waals surface area contributed by atoms with Gasteiger partial charge in [-0.25, -0.2) is 0 Å². The fraction of sp³-hybridized carbons (Fsp3) is 0.435. The topological polar surface area (TPSA) is 80.8 Å². The van der Waals surface area contributed by atoms with Gasteiger partial charge in [0.25, 0.3) is 5.91 Å². The van der Waals surface area contributed by atoms with Gasteiger partial charge < -0.3 is 19.7 Å². The molecule has 2 heterocycles. The molecule has 2 fully saturated rings. The van der Waals surface area contributed by atoms with E-state index in [2.05, 4.69) is 10.3 Å². The van der Waals surface area contributed by atoms with Crippen molar-refractivity contribution in [2.75, 3.05) is 27.3 Å². The van der Waals surface area contributed by atoms with Crippen molar-refractivity contribution >= 4 is 11.8 Å². The lowest BCUT2D eigenvalue weighted by molar-refractivity contribution is -0.129. The molecule has 1 saturated heterocycles. The second-order valence-corrected chi connectivity index (χ2v) is 8.09. The first-order chi connectivity index (χ1) is 14.5. The predicted octanol–water partition coefficient (Wildman–Crippen LogP) is 2.66. The van der Waals surface area contributed by atoms with Crippen LogP contribution in [0.25, 0.3) is 0 Å². The summed E-state index contributed by atoms with van der Waals surface area (Å²) in [4.78, 5) is 32.3. The van der Waals surface area contributed by atoms with Crippen LogP contribution in [0, 0.1) is 11.3 Å². The molecular weight excluding hydrogens is 382 g/mol. The predicted molar refractivity (Wildman–Crippen MR) is 111 cm³/mol. The van der Waals surface area contributed by atoms with E-state index in [4.69, 9.17) is 9.47 Å². The average molecular weight is 409 g/mol. The second kappa shape index (κ2) is 8.34. The normalized spacial score (nSPS) is 19.3. The molecule has 1 aliphatic carbocycles. The number of likely N-dealkylation sites (tertiary alicyclic amines) is 1. The molecule has 0 bridgehead atoms. The molecule has 1 aromatic heterocycles. The Morgan fingerprint density at radius 2 is 1.90 bits per heavy atom. The zero-order valence-electron chi connectivity index (χ0n) is 17.4. The molecule has 2 amide bonds. The number of hydrogen-bond acceptors (Lipinski definition) is 5. The molecule has 2 aliphatic rings. The van der Waals surface area contributed by atoms with E-state index in [0.717, 1.165) is 25.0 Å². The van der Waals surface area contributed by atoms with Crippen molar-refractivity contribution in [3.05, 3.63) is 53.9 Å². The highest BCUT2D eigenvalue weighted by Gasteiger charge is 2.54. The number of ether oxygens (including phenoxy) is 2. The largest absolute Gasteiger partial charge is 0.497 e. The van der Waals surface area contributed by atoms with Crippen LogP contribution < -0.4 is 14.8 Å². The number of amides is 2. The number of benzene rings is 1. The Hall–Kier alpha value is -3.09. The van der Waals surface area contributed by atoms with Crippen LogP contribution in [0.15, 0.2) is 42.6 Å². The Kier molecular flexibility index (Phi) is 5.61. The first kappa shape index (κ1) is 20.2. The van der Waals surface area contributed by atoms with E-state index in [1.165, 1.54) is 0 Å². The van der Waals surface area contributed by atoms with Crippen LogP contribution >= 0.6 is 0 Å². The highest BCUT2D eigenvalue weighted by molar-refractivity contribution is 5.96. The van der Waals surface area contributed by atoms with Crippen molar-refractivity contribution in [2.45, 2.75) is 25.8 Å². The van der Waals surface area contributed by atoms with Crippen LogP contribution in [0.1, 0.15) is 35.3 Å². The van der Waals surface area contributed by atoms with Gasteiger partial charge in [0.15, 0.2) is 0 Å². The summed E-state index contributed by atoms with van der Waals surface area (Å²) < 4.78 is 10.6. The third-order valence-electron chi connectivity index (χ3n) is 6.37. The number of methoxy groups -OCH3 is 2. The van der Waals surface area contributed by atoms with Crippen LogP contribution in [0.4, 0.5) is 0 Å². The molecule has 1 atom stereocenters. The number of nitrogens with one attached hydrogen (secondary N) is 1. The van der Waals surface area contributed by atoms with Crippen LogP contribution in [0.3, 0.4) is 0 Å². The van der Waals surface area contributed by atoms with Gasteiger partial charge in [-0.15, -0.1) is 0 Å². The first-order valence-corrected chi connectivity index (χ1v) is 10.2. The summed E-state index contributed by atoms with van der Waals surface area (Å²) in [5, 5.41) is 3.02. The van der Waals surface area contributed by atoms with E-state index in [1.807, 2.05) is 18.2 Å². The molecule has 7 heteroatoms. The summed E-state index contributed by atoms with van der Waals surface area (Å²) in [6, 6.07) is 10.8. The number of carbonyl (C=O) groups is 2. The molecule has 1 aliphatic heterocycles. The fourth-order valence-corrected chi connectivity index (χ4v) is 4.54. The standard InChI is InChI=1S/C23H27N3O4/c1-29-18-10-16(11-19(12-18)30-2)22(28)26-14-20(23(15-26)7-5-8-23)21(27)25-13-17-6-3-4-9-24-17/h3-4,6,9-12,20H,5,7-8,13-15H2,1-2H3,(H,25,27). The minimum atomic E-state index is -0.202. The third-order valence-corrected chi connectivity index (χ3v) is 6.37. The van der Waals surface area contributed by atoms with Gasteiger partial charge in [-0.05, 0) is 37.1 Å². The van der Waals surface area contributed by atoms with Crippen molar-refractivity contribution in [1.82, 2.24) is 15.2 Å². The number of pyridine rings is 1. The summed E-state index contributed by atoms with van der Waals surface area (Å²) in [5.41, 5.74) is 1.21. The van der Waals surface area contributed by atoms with Crippen LogP contribution in [0.5, 0.6) is 11.5 Å². The molecule has 1 N–H and O–H groups in total. The summed E-state index contributed by atoms with van der Waals surface area (Å²) in [6.45, 7) is 1.42. The Labute approximate surface area is 176 Å². The highest BCUT2D eigenvalue weighted by atomic mass is 16.5. The molecule has 1 unspecified atom stereocenters. The summed E-state index contributed by atoms with van der Waals surface area (Å²) in [6.07, 6.45) is 4.76. The Morgan fingerprint density at radius 3 is 2.47 bits per heavy atom. The molecule has 1 saturated carbocycles. The van der Waals surface area contributed by atoms with Gasteiger partial charge in [-0.2, -0.15) is 0 Å². The van der Waals surface area contributed by atoms with E-state index in [1.54, 1.807) is 43.5 Å². The number of aromatic nitrogens is 1. The Bertz CT molecular complexity index is 905. The average Bonchev–Trinajstić information content (AvgIpc) is 3.19. The molecule has 4 rings (SSSR count). The number of rotatable bonds is 6.